The van der Waals surface area contributed by atoms with Crippen molar-refractivity contribution in [1.29, 1.82) is 0 Å². The van der Waals surface area contributed by atoms with E-state index in [0.29, 0.717) is 23.4 Å². The first-order valence-corrected chi connectivity index (χ1v) is 15.0. The Kier molecular flexibility index (Phi) is 9.43. The summed E-state index contributed by atoms with van der Waals surface area (Å²) in [5.74, 6) is -1.33. The van der Waals surface area contributed by atoms with Crippen LogP contribution in [0.4, 0.5) is 0 Å². The van der Waals surface area contributed by atoms with E-state index in [-0.39, 0.29) is 37.2 Å². The number of hydrogen-bond donors (Lipinski definition) is 3. The number of aryl methyl sites for hydroxylation is 1. The van der Waals surface area contributed by atoms with Crippen molar-refractivity contribution in [2.75, 3.05) is 13.1 Å². The fourth-order valence-corrected chi connectivity index (χ4v) is 5.80. The second-order valence-electron chi connectivity index (χ2n) is 11.9. The molecule has 233 valence electrons. The molecule has 3 N–H and O–H groups in total. The standard InChI is InChI=1S/C35H38N5O5/c1-22(2)31(32(43)33-39-38-29(45-33)18-26-14-8-10-23(3)16-26)37-34(44)35(19-25-12-6-5-7-13-25,27-15-9-11-24(4)17-27)40-21-28(41)36-20-30(40)42/h5-17,22,31-32,43H,4,18-21H2,1-3H3,(H,36,41)(H,37,44)/t31-,32?,35?/m0/s1. The van der Waals surface area contributed by atoms with Gasteiger partial charge in [-0.25, -0.2) is 0 Å². The van der Waals surface area contributed by atoms with E-state index in [1.54, 1.807) is 24.3 Å². The summed E-state index contributed by atoms with van der Waals surface area (Å²) in [7, 11) is 0. The third-order valence-corrected chi connectivity index (χ3v) is 8.11. The zero-order chi connectivity index (χ0) is 32.1. The molecule has 3 aromatic carbocycles. The van der Waals surface area contributed by atoms with Crippen molar-refractivity contribution in [1.82, 2.24) is 25.7 Å². The van der Waals surface area contributed by atoms with E-state index in [1.165, 1.54) is 4.90 Å². The highest BCUT2D eigenvalue weighted by Crippen LogP contribution is 2.36. The number of rotatable bonds is 11. The minimum absolute atomic E-state index is 0.0292. The zero-order valence-electron chi connectivity index (χ0n) is 25.7. The summed E-state index contributed by atoms with van der Waals surface area (Å²) in [6.45, 7) is 9.20. The molecule has 0 saturated carbocycles. The van der Waals surface area contributed by atoms with E-state index in [9.17, 15) is 19.5 Å². The molecule has 4 aromatic rings. The summed E-state index contributed by atoms with van der Waals surface area (Å²) in [5.41, 5.74) is 2.35. The predicted octanol–water partition coefficient (Wildman–Crippen LogP) is 3.42. The highest BCUT2D eigenvalue weighted by Gasteiger charge is 2.51. The molecule has 1 aromatic heterocycles. The van der Waals surface area contributed by atoms with E-state index in [0.717, 1.165) is 16.7 Å². The normalized spacial score (nSPS) is 16.2. The average molecular weight is 609 g/mol. The van der Waals surface area contributed by atoms with Gasteiger partial charge in [0.15, 0.2) is 11.6 Å². The maximum atomic E-state index is 14.8. The number of aromatic nitrogens is 2. The molecule has 3 atom stereocenters. The Morgan fingerprint density at radius 2 is 1.78 bits per heavy atom. The van der Waals surface area contributed by atoms with Crippen LogP contribution in [0.5, 0.6) is 0 Å². The van der Waals surface area contributed by atoms with Crippen molar-refractivity contribution in [2.45, 2.75) is 51.3 Å². The molecule has 2 unspecified atom stereocenters. The molecule has 1 aliphatic rings. The number of piperazine rings is 1. The van der Waals surface area contributed by atoms with Crippen LogP contribution in [0.1, 0.15) is 59.6 Å². The number of amides is 3. The molecule has 0 spiro atoms. The molecule has 0 aliphatic carbocycles. The molecule has 1 saturated heterocycles. The van der Waals surface area contributed by atoms with Crippen molar-refractivity contribution in [3.8, 4) is 0 Å². The first kappa shape index (κ1) is 31.6. The third kappa shape index (κ3) is 6.96. The first-order chi connectivity index (χ1) is 21.6. The summed E-state index contributed by atoms with van der Waals surface area (Å²) in [6.07, 6.45) is -0.882. The van der Waals surface area contributed by atoms with Crippen LogP contribution in [0.2, 0.25) is 0 Å². The van der Waals surface area contributed by atoms with Crippen LogP contribution < -0.4 is 10.6 Å². The zero-order valence-corrected chi connectivity index (χ0v) is 25.7. The molecular formula is C35H38N5O5. The molecule has 10 nitrogen and oxygen atoms in total. The van der Waals surface area contributed by atoms with Gasteiger partial charge in [0.2, 0.25) is 23.6 Å². The SMILES string of the molecule is [CH2]c1cccc(C(Cc2ccccc2)(C(=O)N[C@@H](C(C)C)C(O)c2nnc(Cc3cccc(C)c3)o2)N2CC(=O)NCC2=O)c1. The van der Waals surface area contributed by atoms with E-state index >= 15 is 0 Å². The summed E-state index contributed by atoms with van der Waals surface area (Å²) < 4.78 is 5.88. The smallest absolute Gasteiger partial charge is 0.251 e. The summed E-state index contributed by atoms with van der Waals surface area (Å²) in [4.78, 5) is 42.4. The van der Waals surface area contributed by atoms with Crippen LogP contribution in [0.15, 0.2) is 83.3 Å². The van der Waals surface area contributed by atoms with Gasteiger partial charge < -0.3 is 25.1 Å². The van der Waals surface area contributed by atoms with Gasteiger partial charge in [-0.15, -0.1) is 10.2 Å². The molecule has 0 bridgehead atoms. The second-order valence-corrected chi connectivity index (χ2v) is 11.9. The maximum absolute atomic E-state index is 14.8. The third-order valence-electron chi connectivity index (χ3n) is 8.11. The summed E-state index contributed by atoms with van der Waals surface area (Å²) in [6, 6.07) is 23.4. The van der Waals surface area contributed by atoms with Crippen LogP contribution in [0.25, 0.3) is 0 Å². The van der Waals surface area contributed by atoms with Crippen molar-refractivity contribution >= 4 is 17.7 Å². The molecule has 3 amide bonds. The van der Waals surface area contributed by atoms with E-state index < -0.39 is 29.5 Å². The van der Waals surface area contributed by atoms with Gasteiger partial charge in [0.25, 0.3) is 5.91 Å². The first-order valence-electron chi connectivity index (χ1n) is 15.0. The number of aliphatic hydroxyl groups is 1. The molecule has 1 radical (unpaired) electrons. The van der Waals surface area contributed by atoms with Crippen LogP contribution in [-0.2, 0) is 32.8 Å². The van der Waals surface area contributed by atoms with Crippen molar-refractivity contribution in [3.63, 3.8) is 0 Å². The van der Waals surface area contributed by atoms with Crippen LogP contribution in [0.3, 0.4) is 0 Å². The maximum Gasteiger partial charge on any atom is 0.251 e. The molecule has 45 heavy (non-hydrogen) atoms. The van der Waals surface area contributed by atoms with E-state index in [2.05, 4.69) is 27.8 Å². The topological polar surface area (TPSA) is 138 Å². The van der Waals surface area contributed by atoms with Gasteiger partial charge in [0, 0.05) is 6.42 Å². The predicted molar refractivity (Wildman–Crippen MR) is 167 cm³/mol. The number of carbonyl (C=O) groups excluding carboxylic acids is 3. The van der Waals surface area contributed by atoms with Gasteiger partial charge in [-0.1, -0.05) is 98.3 Å². The lowest BCUT2D eigenvalue weighted by molar-refractivity contribution is -0.155. The van der Waals surface area contributed by atoms with Gasteiger partial charge in [0.1, 0.15) is 6.54 Å². The van der Waals surface area contributed by atoms with Crippen molar-refractivity contribution in [3.05, 3.63) is 125 Å². The second kappa shape index (κ2) is 13.4. The van der Waals surface area contributed by atoms with Crippen LogP contribution in [0, 0.1) is 19.8 Å². The van der Waals surface area contributed by atoms with Crippen LogP contribution >= 0.6 is 0 Å². The van der Waals surface area contributed by atoms with Crippen molar-refractivity contribution in [2.24, 2.45) is 5.92 Å². The molecule has 5 rings (SSSR count). The number of aliphatic hydroxyl groups excluding tert-OH is 1. The van der Waals surface area contributed by atoms with E-state index in [1.807, 2.05) is 75.4 Å². The summed E-state index contributed by atoms with van der Waals surface area (Å²) >= 11 is 0. The Morgan fingerprint density at radius 3 is 2.49 bits per heavy atom. The lowest BCUT2D eigenvalue weighted by atomic mass is 9.79. The number of hydrogen-bond acceptors (Lipinski definition) is 7. The number of nitrogens with zero attached hydrogens (tertiary/aromatic N) is 3. The number of benzene rings is 3. The monoisotopic (exact) mass is 608 g/mol. The molecule has 1 aliphatic heterocycles. The van der Waals surface area contributed by atoms with E-state index in [4.69, 9.17) is 4.42 Å². The Morgan fingerprint density at radius 1 is 1.04 bits per heavy atom. The van der Waals surface area contributed by atoms with Gasteiger partial charge in [0.05, 0.1) is 19.0 Å². The molecule has 1 fully saturated rings. The minimum Gasteiger partial charge on any atom is -0.422 e. The number of nitrogens with one attached hydrogen (secondary N) is 2. The van der Waals surface area contributed by atoms with Crippen molar-refractivity contribution < 1.29 is 23.9 Å². The van der Waals surface area contributed by atoms with Crippen LogP contribution in [-0.4, -0.2) is 57.1 Å². The minimum atomic E-state index is -1.65. The fourth-order valence-electron chi connectivity index (χ4n) is 5.80. The van der Waals surface area contributed by atoms with Gasteiger partial charge in [-0.05, 0) is 42.0 Å². The highest BCUT2D eigenvalue weighted by molar-refractivity contribution is 5.99. The largest absolute Gasteiger partial charge is 0.422 e. The van der Waals surface area contributed by atoms with Gasteiger partial charge in [-0.3, -0.25) is 14.4 Å². The van der Waals surface area contributed by atoms with Gasteiger partial charge in [-0.2, -0.15) is 0 Å². The molecule has 2 heterocycles. The fraction of sp³-hybridized carbons (Fsp3) is 0.314. The molecule has 10 heteroatoms. The average Bonchev–Trinajstić information content (AvgIpc) is 3.48. The Labute approximate surface area is 262 Å². The number of carbonyl (C=O) groups is 3. The Balaban J connectivity index is 1.53. The Hall–Kier alpha value is -4.83. The van der Waals surface area contributed by atoms with Gasteiger partial charge >= 0.3 is 0 Å². The Bertz CT molecular complexity index is 1670. The highest BCUT2D eigenvalue weighted by atomic mass is 16.4. The summed E-state index contributed by atoms with van der Waals surface area (Å²) in [5, 5.41) is 25.4. The quantitative estimate of drug-likeness (QED) is 0.237. The lowest BCUT2D eigenvalue weighted by Gasteiger charge is -2.45. The molecular weight excluding hydrogens is 570 g/mol. The lowest BCUT2D eigenvalue weighted by Crippen LogP contribution is -2.66.